The number of nitrogens with one attached hydrogen (secondary N) is 1. The lowest BCUT2D eigenvalue weighted by Crippen LogP contribution is -2.23. The van der Waals surface area contributed by atoms with Crippen molar-refractivity contribution in [1.82, 2.24) is 10.3 Å². The number of nitrogens with zero attached hydrogens (tertiary/aromatic N) is 1. The zero-order valence-electron chi connectivity index (χ0n) is 10.8. The van der Waals surface area contributed by atoms with E-state index in [2.05, 4.69) is 16.4 Å². The van der Waals surface area contributed by atoms with E-state index in [0.717, 1.165) is 17.5 Å². The first-order valence-corrected chi connectivity index (χ1v) is 6.42. The standard InChI is InChI=1S/C15H16N2O2/c1-19-15(18)14-9-17-8-13(14)12-7-16-6-10-4-2-3-5-11(10)12/h2-7,13-14,17H,8-9H2,1H3. The predicted octanol–water partition coefficient (Wildman–Crippen LogP) is 1.71. The normalized spacial score (nSPS) is 22.6. The molecule has 98 valence electrons. The van der Waals surface area contributed by atoms with E-state index in [-0.39, 0.29) is 17.8 Å². The minimum Gasteiger partial charge on any atom is -0.469 e. The molecule has 0 bridgehead atoms. The number of ether oxygens (including phenoxy) is 1. The summed E-state index contributed by atoms with van der Waals surface area (Å²) in [5, 5.41) is 5.55. The Kier molecular flexibility index (Phi) is 3.17. The topological polar surface area (TPSA) is 51.2 Å². The highest BCUT2D eigenvalue weighted by atomic mass is 16.5. The summed E-state index contributed by atoms with van der Waals surface area (Å²) in [7, 11) is 1.44. The summed E-state index contributed by atoms with van der Waals surface area (Å²) < 4.78 is 4.90. The first-order valence-electron chi connectivity index (χ1n) is 6.42. The molecule has 3 rings (SSSR count). The van der Waals surface area contributed by atoms with Crippen molar-refractivity contribution in [3.8, 4) is 0 Å². The van der Waals surface area contributed by atoms with Gasteiger partial charge in [0.15, 0.2) is 0 Å². The van der Waals surface area contributed by atoms with Gasteiger partial charge in [-0.05, 0) is 10.9 Å². The molecule has 1 aliphatic rings. The third kappa shape index (κ3) is 2.08. The highest BCUT2D eigenvalue weighted by Gasteiger charge is 2.35. The van der Waals surface area contributed by atoms with Crippen molar-refractivity contribution in [3.05, 3.63) is 42.2 Å². The van der Waals surface area contributed by atoms with Crippen molar-refractivity contribution in [2.75, 3.05) is 20.2 Å². The number of fused-ring (bicyclic) bond motifs is 1. The Bertz CT molecular complexity index is 607. The molecule has 0 radical (unpaired) electrons. The molecule has 2 aromatic rings. The van der Waals surface area contributed by atoms with Gasteiger partial charge >= 0.3 is 5.97 Å². The molecule has 1 aliphatic heterocycles. The Hall–Kier alpha value is -1.94. The summed E-state index contributed by atoms with van der Waals surface area (Å²) in [4.78, 5) is 16.1. The second-order valence-electron chi connectivity index (χ2n) is 4.84. The summed E-state index contributed by atoms with van der Waals surface area (Å²) in [6.45, 7) is 1.45. The van der Waals surface area contributed by atoms with E-state index in [9.17, 15) is 4.79 Å². The molecular weight excluding hydrogens is 240 g/mol. The number of methoxy groups -OCH3 is 1. The van der Waals surface area contributed by atoms with Crippen LogP contribution in [0, 0.1) is 5.92 Å². The molecule has 0 spiro atoms. The Labute approximate surface area is 111 Å². The van der Waals surface area contributed by atoms with Gasteiger partial charge in [0.1, 0.15) is 0 Å². The summed E-state index contributed by atoms with van der Waals surface area (Å²) in [6.07, 6.45) is 3.73. The molecule has 1 saturated heterocycles. The van der Waals surface area contributed by atoms with Crippen LogP contribution in [0.4, 0.5) is 0 Å². The Morgan fingerprint density at radius 3 is 3.00 bits per heavy atom. The lowest BCUT2D eigenvalue weighted by atomic mass is 9.87. The largest absolute Gasteiger partial charge is 0.469 e. The average molecular weight is 256 g/mol. The second-order valence-corrected chi connectivity index (χ2v) is 4.84. The fourth-order valence-electron chi connectivity index (χ4n) is 2.84. The Balaban J connectivity index is 2.06. The number of hydrogen-bond donors (Lipinski definition) is 1. The third-order valence-corrected chi connectivity index (χ3v) is 3.82. The van der Waals surface area contributed by atoms with Crippen molar-refractivity contribution >= 4 is 16.7 Å². The van der Waals surface area contributed by atoms with E-state index >= 15 is 0 Å². The Morgan fingerprint density at radius 1 is 1.32 bits per heavy atom. The molecule has 4 heteroatoms. The van der Waals surface area contributed by atoms with E-state index in [1.165, 1.54) is 12.5 Å². The zero-order valence-corrected chi connectivity index (χ0v) is 10.8. The van der Waals surface area contributed by atoms with Crippen molar-refractivity contribution in [2.45, 2.75) is 5.92 Å². The van der Waals surface area contributed by atoms with Crippen LogP contribution in [0.5, 0.6) is 0 Å². The predicted molar refractivity (Wildman–Crippen MR) is 72.9 cm³/mol. The third-order valence-electron chi connectivity index (χ3n) is 3.82. The molecule has 1 aromatic carbocycles. The smallest absolute Gasteiger partial charge is 0.310 e. The molecule has 2 heterocycles. The maximum absolute atomic E-state index is 11.9. The lowest BCUT2D eigenvalue weighted by molar-refractivity contribution is -0.145. The molecule has 19 heavy (non-hydrogen) atoms. The molecule has 1 fully saturated rings. The monoisotopic (exact) mass is 256 g/mol. The highest BCUT2D eigenvalue weighted by Crippen LogP contribution is 2.33. The number of carbonyl (C=O) groups is 1. The molecule has 1 N–H and O–H groups in total. The number of rotatable bonds is 2. The molecule has 2 atom stereocenters. The van der Waals surface area contributed by atoms with Crippen LogP contribution in [0.15, 0.2) is 36.7 Å². The van der Waals surface area contributed by atoms with E-state index in [1.807, 2.05) is 30.6 Å². The number of pyridine rings is 1. The van der Waals surface area contributed by atoms with Crippen LogP contribution >= 0.6 is 0 Å². The quantitative estimate of drug-likeness (QED) is 0.831. The average Bonchev–Trinajstić information content (AvgIpc) is 2.95. The second kappa shape index (κ2) is 4.97. The van der Waals surface area contributed by atoms with Crippen LogP contribution in [-0.4, -0.2) is 31.2 Å². The summed E-state index contributed by atoms with van der Waals surface area (Å²) in [6, 6.07) is 8.14. The number of carbonyl (C=O) groups excluding carboxylic acids is 1. The van der Waals surface area contributed by atoms with Crippen molar-refractivity contribution in [2.24, 2.45) is 5.92 Å². The van der Waals surface area contributed by atoms with E-state index in [1.54, 1.807) is 0 Å². The van der Waals surface area contributed by atoms with E-state index < -0.39 is 0 Å². The lowest BCUT2D eigenvalue weighted by Gasteiger charge is -2.18. The van der Waals surface area contributed by atoms with Gasteiger partial charge in [0.05, 0.1) is 13.0 Å². The fourth-order valence-corrected chi connectivity index (χ4v) is 2.84. The molecule has 4 nitrogen and oxygen atoms in total. The molecule has 2 unspecified atom stereocenters. The van der Waals surface area contributed by atoms with Crippen LogP contribution in [0.2, 0.25) is 0 Å². The van der Waals surface area contributed by atoms with Gasteiger partial charge in [-0.2, -0.15) is 0 Å². The summed E-state index contributed by atoms with van der Waals surface area (Å²) in [5.74, 6) is -0.147. The van der Waals surface area contributed by atoms with Crippen molar-refractivity contribution < 1.29 is 9.53 Å². The fraction of sp³-hybridized carbons (Fsp3) is 0.333. The first kappa shape index (κ1) is 12.1. The molecule has 1 aromatic heterocycles. The molecule has 0 saturated carbocycles. The van der Waals surface area contributed by atoms with Crippen molar-refractivity contribution in [3.63, 3.8) is 0 Å². The van der Waals surface area contributed by atoms with Gasteiger partial charge in [0, 0.05) is 36.8 Å². The van der Waals surface area contributed by atoms with Gasteiger partial charge in [-0.15, -0.1) is 0 Å². The van der Waals surface area contributed by atoms with Crippen LogP contribution < -0.4 is 5.32 Å². The molecular formula is C15H16N2O2. The van der Waals surface area contributed by atoms with Gasteiger partial charge in [0.25, 0.3) is 0 Å². The van der Waals surface area contributed by atoms with Crippen LogP contribution in [-0.2, 0) is 9.53 Å². The highest BCUT2D eigenvalue weighted by molar-refractivity contribution is 5.86. The number of hydrogen-bond acceptors (Lipinski definition) is 4. The molecule has 0 aliphatic carbocycles. The maximum atomic E-state index is 11.9. The van der Waals surface area contributed by atoms with Gasteiger partial charge in [-0.1, -0.05) is 24.3 Å². The van der Waals surface area contributed by atoms with E-state index in [4.69, 9.17) is 4.74 Å². The number of aromatic nitrogens is 1. The van der Waals surface area contributed by atoms with Crippen LogP contribution in [0.3, 0.4) is 0 Å². The minimum absolute atomic E-state index is 0.127. The summed E-state index contributed by atoms with van der Waals surface area (Å²) in [5.41, 5.74) is 1.12. The van der Waals surface area contributed by atoms with Crippen LogP contribution in [0.1, 0.15) is 11.5 Å². The zero-order chi connectivity index (χ0) is 13.2. The number of esters is 1. The van der Waals surface area contributed by atoms with Gasteiger partial charge in [-0.3, -0.25) is 9.78 Å². The minimum atomic E-state index is -0.150. The van der Waals surface area contributed by atoms with Gasteiger partial charge in [0.2, 0.25) is 0 Å². The number of benzene rings is 1. The maximum Gasteiger partial charge on any atom is 0.310 e. The SMILES string of the molecule is COC(=O)C1CNCC1c1cncc2ccccc12. The van der Waals surface area contributed by atoms with Gasteiger partial charge in [-0.25, -0.2) is 0 Å². The summed E-state index contributed by atoms with van der Waals surface area (Å²) >= 11 is 0. The van der Waals surface area contributed by atoms with Crippen molar-refractivity contribution in [1.29, 1.82) is 0 Å². The van der Waals surface area contributed by atoms with Gasteiger partial charge < -0.3 is 10.1 Å². The first-order chi connectivity index (χ1) is 9.31. The Morgan fingerprint density at radius 2 is 2.16 bits per heavy atom. The molecule has 0 amide bonds. The van der Waals surface area contributed by atoms with E-state index in [0.29, 0.717) is 6.54 Å². The van der Waals surface area contributed by atoms with Crippen LogP contribution in [0.25, 0.3) is 10.8 Å².